The van der Waals surface area contributed by atoms with Gasteiger partial charge in [0.15, 0.2) is 0 Å². The minimum atomic E-state index is -0.480. The third-order valence-corrected chi connectivity index (χ3v) is 7.29. The number of morpholine rings is 1. The summed E-state index contributed by atoms with van der Waals surface area (Å²) in [6.07, 6.45) is 0.905. The van der Waals surface area contributed by atoms with Crippen LogP contribution in [0, 0.1) is 0 Å². The van der Waals surface area contributed by atoms with Gasteiger partial charge in [-0.25, -0.2) is 4.98 Å². The number of fused-ring (bicyclic) bond motifs is 3. The molecule has 134 valence electrons. The molecule has 4 heterocycles. The van der Waals surface area contributed by atoms with Crippen molar-refractivity contribution in [3.63, 3.8) is 0 Å². The third-order valence-electron chi connectivity index (χ3n) is 4.81. The highest BCUT2D eigenvalue weighted by Gasteiger charge is 2.33. The quantitative estimate of drug-likeness (QED) is 0.833. The molecule has 2 aliphatic heterocycles. The summed E-state index contributed by atoms with van der Waals surface area (Å²) < 4.78 is 5.62. The Kier molecular flexibility index (Phi) is 4.09. The molecule has 2 aromatic rings. The molecule has 4 rings (SSSR count). The van der Waals surface area contributed by atoms with Crippen molar-refractivity contribution >= 4 is 50.7 Å². The average molecular weight is 379 g/mol. The lowest BCUT2D eigenvalue weighted by atomic mass is 9.94. The number of thiophene rings is 1. The second-order valence-corrected chi connectivity index (χ2v) is 9.79. The number of ether oxygens (including phenoxy) is 1. The fourth-order valence-electron chi connectivity index (χ4n) is 3.56. The zero-order valence-corrected chi connectivity index (χ0v) is 16.1. The number of rotatable bonds is 2. The molecule has 0 atom stereocenters. The first-order valence-corrected chi connectivity index (χ1v) is 10.2. The smallest absolute Gasteiger partial charge is 0.260 e. The largest absolute Gasteiger partial charge is 0.397 e. The number of thioether (sulfide) groups is 1. The summed E-state index contributed by atoms with van der Waals surface area (Å²) in [7, 11) is 0. The zero-order chi connectivity index (χ0) is 17.8. The van der Waals surface area contributed by atoms with Gasteiger partial charge in [-0.05, 0) is 12.0 Å². The number of carbonyl (C=O) groups is 1. The first-order valence-electron chi connectivity index (χ1n) is 8.37. The Hall–Kier alpha value is -1.51. The van der Waals surface area contributed by atoms with E-state index in [1.165, 1.54) is 22.5 Å². The van der Waals surface area contributed by atoms with Crippen LogP contribution < -0.4 is 16.4 Å². The molecule has 0 radical (unpaired) electrons. The molecule has 6 nitrogen and oxygen atoms in total. The maximum atomic E-state index is 11.8. The maximum Gasteiger partial charge on any atom is 0.260 e. The highest BCUT2D eigenvalue weighted by atomic mass is 32.2. The number of hydrogen-bond donors (Lipinski definition) is 2. The number of pyridine rings is 1. The molecule has 1 amide bonds. The van der Waals surface area contributed by atoms with Crippen molar-refractivity contribution in [3.05, 3.63) is 16.0 Å². The van der Waals surface area contributed by atoms with E-state index in [4.69, 9.17) is 21.2 Å². The van der Waals surface area contributed by atoms with Crippen LogP contribution in [0.5, 0.6) is 0 Å². The van der Waals surface area contributed by atoms with E-state index >= 15 is 0 Å². The number of primary amides is 1. The van der Waals surface area contributed by atoms with Gasteiger partial charge in [0.25, 0.3) is 5.91 Å². The van der Waals surface area contributed by atoms with Crippen LogP contribution in [-0.4, -0.2) is 41.9 Å². The first-order chi connectivity index (χ1) is 11.9. The van der Waals surface area contributed by atoms with Crippen molar-refractivity contribution in [1.82, 2.24) is 4.98 Å². The Balaban J connectivity index is 1.96. The van der Waals surface area contributed by atoms with Crippen LogP contribution in [0.2, 0.25) is 0 Å². The summed E-state index contributed by atoms with van der Waals surface area (Å²) in [5.41, 5.74) is 14.8. The van der Waals surface area contributed by atoms with E-state index in [9.17, 15) is 4.79 Å². The lowest BCUT2D eigenvalue weighted by Gasteiger charge is -2.36. The summed E-state index contributed by atoms with van der Waals surface area (Å²) >= 11 is 3.25. The fourth-order valence-corrected chi connectivity index (χ4v) is 5.62. The highest BCUT2D eigenvalue weighted by Crippen LogP contribution is 2.47. The number of hydrogen-bond acceptors (Lipinski definition) is 7. The lowest BCUT2D eigenvalue weighted by molar-refractivity contribution is 0.100. The molecule has 0 saturated carbocycles. The van der Waals surface area contributed by atoms with Crippen molar-refractivity contribution in [3.8, 4) is 0 Å². The Morgan fingerprint density at radius 1 is 1.28 bits per heavy atom. The molecule has 0 aliphatic carbocycles. The van der Waals surface area contributed by atoms with Gasteiger partial charge in [-0.2, -0.15) is 11.8 Å². The van der Waals surface area contributed by atoms with Crippen molar-refractivity contribution in [2.24, 2.45) is 5.73 Å². The first kappa shape index (κ1) is 16.9. The Labute approximate surface area is 154 Å². The predicted octanol–water partition coefficient (Wildman–Crippen LogP) is 2.38. The summed E-state index contributed by atoms with van der Waals surface area (Å²) in [6.45, 7) is 7.60. The van der Waals surface area contributed by atoms with Gasteiger partial charge in [0.05, 0.1) is 18.9 Å². The van der Waals surface area contributed by atoms with Gasteiger partial charge in [0, 0.05) is 34.5 Å². The molecule has 2 aromatic heterocycles. The number of nitrogens with zero attached hydrogens (tertiary/aromatic N) is 2. The monoisotopic (exact) mass is 378 g/mol. The number of carbonyl (C=O) groups excluding carboxylic acids is 1. The van der Waals surface area contributed by atoms with E-state index in [1.54, 1.807) is 0 Å². The van der Waals surface area contributed by atoms with Gasteiger partial charge in [-0.1, -0.05) is 13.8 Å². The topological polar surface area (TPSA) is 94.5 Å². The van der Waals surface area contributed by atoms with Crippen LogP contribution in [-0.2, 0) is 16.9 Å². The summed E-state index contributed by atoms with van der Waals surface area (Å²) in [6, 6.07) is 0. The number of aromatic nitrogens is 1. The van der Waals surface area contributed by atoms with Crippen LogP contribution in [0.25, 0.3) is 10.2 Å². The Morgan fingerprint density at radius 3 is 2.68 bits per heavy atom. The van der Waals surface area contributed by atoms with E-state index in [2.05, 4.69) is 18.7 Å². The molecule has 8 heteroatoms. The van der Waals surface area contributed by atoms with Crippen LogP contribution in [0.4, 0.5) is 11.5 Å². The highest BCUT2D eigenvalue weighted by molar-refractivity contribution is 7.99. The summed E-state index contributed by atoms with van der Waals surface area (Å²) in [5.74, 6) is 1.44. The molecule has 0 unspecified atom stereocenters. The Bertz CT molecular complexity index is 856. The van der Waals surface area contributed by atoms with E-state index in [-0.39, 0.29) is 4.75 Å². The Morgan fingerprint density at radius 2 is 2.00 bits per heavy atom. The van der Waals surface area contributed by atoms with Crippen LogP contribution in [0.1, 0.15) is 34.6 Å². The molecule has 0 spiro atoms. The number of anilines is 2. The van der Waals surface area contributed by atoms with Gasteiger partial charge in [-0.15, -0.1) is 11.3 Å². The molecule has 4 N–H and O–H groups in total. The standard InChI is InChI=1S/C17H22N4O2S2/c1-17(2)7-9-10(8-24-17)15(21-3-5-23-6-4-21)20-16-11(9)12(18)13(25-16)14(19)22/h3-8,18H2,1-2H3,(H2,19,22). The zero-order valence-electron chi connectivity index (χ0n) is 14.4. The van der Waals surface area contributed by atoms with Gasteiger partial charge in [0.1, 0.15) is 15.5 Å². The molecule has 1 saturated heterocycles. The van der Waals surface area contributed by atoms with E-state index in [0.29, 0.717) is 23.8 Å². The van der Waals surface area contributed by atoms with Crippen molar-refractivity contribution in [1.29, 1.82) is 0 Å². The molecule has 25 heavy (non-hydrogen) atoms. The maximum absolute atomic E-state index is 11.8. The SMILES string of the molecule is CC1(C)Cc2c(c(N3CCOCC3)nc3sc(C(N)=O)c(N)c23)CS1. The van der Waals surface area contributed by atoms with Gasteiger partial charge >= 0.3 is 0 Å². The van der Waals surface area contributed by atoms with Crippen LogP contribution in [0.3, 0.4) is 0 Å². The minimum absolute atomic E-state index is 0.130. The molecular formula is C17H22N4O2S2. The molecule has 0 aromatic carbocycles. The van der Waals surface area contributed by atoms with Gasteiger partial charge in [-0.3, -0.25) is 4.79 Å². The normalized spacial score (nSPS) is 19.8. The molecule has 1 fully saturated rings. The summed E-state index contributed by atoms with van der Waals surface area (Å²) in [4.78, 5) is 20.2. The van der Waals surface area contributed by atoms with Crippen molar-refractivity contribution in [2.45, 2.75) is 30.8 Å². The fraction of sp³-hybridized carbons (Fsp3) is 0.529. The van der Waals surface area contributed by atoms with Crippen molar-refractivity contribution < 1.29 is 9.53 Å². The molecular weight excluding hydrogens is 356 g/mol. The van der Waals surface area contributed by atoms with E-state index < -0.39 is 5.91 Å². The lowest BCUT2D eigenvalue weighted by Crippen LogP contribution is -2.38. The third kappa shape index (κ3) is 2.86. The van der Waals surface area contributed by atoms with Crippen LogP contribution in [0.15, 0.2) is 0 Å². The number of amides is 1. The number of nitrogen functional groups attached to an aromatic ring is 1. The average Bonchev–Trinajstić information content (AvgIpc) is 2.91. The predicted molar refractivity (Wildman–Crippen MR) is 105 cm³/mol. The second kappa shape index (κ2) is 6.03. The van der Waals surface area contributed by atoms with E-state index in [1.807, 2.05) is 11.8 Å². The van der Waals surface area contributed by atoms with Crippen molar-refractivity contribution in [2.75, 3.05) is 36.9 Å². The summed E-state index contributed by atoms with van der Waals surface area (Å²) in [5, 5.41) is 0.930. The van der Waals surface area contributed by atoms with Crippen LogP contribution >= 0.6 is 23.1 Å². The minimum Gasteiger partial charge on any atom is -0.397 e. The second-order valence-electron chi connectivity index (χ2n) is 7.11. The van der Waals surface area contributed by atoms with E-state index in [0.717, 1.165) is 41.3 Å². The van der Waals surface area contributed by atoms with Gasteiger partial charge in [0.2, 0.25) is 0 Å². The number of nitrogens with two attached hydrogens (primary N) is 2. The molecule has 0 bridgehead atoms. The molecule has 2 aliphatic rings. The van der Waals surface area contributed by atoms with Gasteiger partial charge < -0.3 is 21.1 Å².